The Morgan fingerprint density at radius 1 is 1.05 bits per heavy atom. The highest BCUT2D eigenvalue weighted by atomic mass is 14.9. The number of nitrogens with zero attached hydrogens (tertiary/aromatic N) is 2. The molecule has 0 aliphatic carbocycles. The van der Waals surface area contributed by atoms with Crippen molar-refractivity contribution in [3.05, 3.63) is 66.1 Å². The number of likely N-dealkylation sites (N-methyl/N-ethyl adjacent to an activating group) is 1. The first-order valence-corrected chi connectivity index (χ1v) is 7.00. The van der Waals surface area contributed by atoms with Crippen LogP contribution in [0.3, 0.4) is 0 Å². The van der Waals surface area contributed by atoms with Crippen molar-refractivity contribution >= 4 is 16.6 Å². The summed E-state index contributed by atoms with van der Waals surface area (Å²) in [5.41, 5.74) is 8.03. The Labute approximate surface area is 124 Å². The number of hydrogen-bond acceptors (Lipinski definition) is 4. The first-order valence-electron chi connectivity index (χ1n) is 7.00. The Kier molecular flexibility index (Phi) is 3.79. The number of fused-ring (bicyclic) bond motifs is 1. The summed E-state index contributed by atoms with van der Waals surface area (Å²) >= 11 is 0. The molecule has 0 saturated carbocycles. The molecule has 0 saturated heterocycles. The zero-order valence-corrected chi connectivity index (χ0v) is 12.0. The molecule has 0 spiro atoms. The maximum Gasteiger partial charge on any atom is 0.126 e. The molecule has 3 aromatic rings. The lowest BCUT2D eigenvalue weighted by molar-refractivity contribution is 0.581. The van der Waals surface area contributed by atoms with Crippen molar-refractivity contribution in [2.45, 2.75) is 12.5 Å². The average Bonchev–Trinajstić information content (AvgIpc) is 2.54. The monoisotopic (exact) mass is 278 g/mol. The van der Waals surface area contributed by atoms with Crippen LogP contribution in [0.15, 0.2) is 54.9 Å². The van der Waals surface area contributed by atoms with E-state index in [1.165, 1.54) is 10.8 Å². The molecule has 106 valence electrons. The molecule has 1 aromatic carbocycles. The van der Waals surface area contributed by atoms with Crippen LogP contribution in [0.2, 0.25) is 0 Å². The molecule has 2 aromatic heterocycles. The van der Waals surface area contributed by atoms with Gasteiger partial charge in [-0.15, -0.1) is 0 Å². The number of rotatable bonds is 4. The standard InChI is InChI=1S/C17H18N4/c1-19-15(11-13-6-4-9-21-17(13)18)16-14-7-3-2-5-12(14)8-10-20-16/h2-10,15,19H,11H2,1H3,(H2,18,21). The number of anilines is 1. The molecular weight excluding hydrogens is 260 g/mol. The molecule has 0 aliphatic rings. The summed E-state index contributed by atoms with van der Waals surface area (Å²) in [4.78, 5) is 8.73. The summed E-state index contributed by atoms with van der Waals surface area (Å²) in [5.74, 6) is 0.581. The van der Waals surface area contributed by atoms with Crippen molar-refractivity contribution in [3.63, 3.8) is 0 Å². The van der Waals surface area contributed by atoms with Gasteiger partial charge >= 0.3 is 0 Å². The Hall–Kier alpha value is -2.46. The van der Waals surface area contributed by atoms with E-state index < -0.39 is 0 Å². The molecule has 1 unspecified atom stereocenters. The van der Waals surface area contributed by atoms with Gasteiger partial charge in [0.1, 0.15) is 5.82 Å². The highest BCUT2D eigenvalue weighted by Crippen LogP contribution is 2.25. The van der Waals surface area contributed by atoms with Crippen LogP contribution in [-0.4, -0.2) is 17.0 Å². The highest BCUT2D eigenvalue weighted by Gasteiger charge is 2.16. The predicted molar refractivity (Wildman–Crippen MR) is 85.9 cm³/mol. The van der Waals surface area contributed by atoms with Crippen LogP contribution >= 0.6 is 0 Å². The molecule has 3 rings (SSSR count). The van der Waals surface area contributed by atoms with Gasteiger partial charge in [-0.05, 0) is 36.6 Å². The topological polar surface area (TPSA) is 63.8 Å². The summed E-state index contributed by atoms with van der Waals surface area (Å²) in [6.45, 7) is 0. The van der Waals surface area contributed by atoms with E-state index >= 15 is 0 Å². The lowest BCUT2D eigenvalue weighted by atomic mass is 9.99. The molecule has 2 heterocycles. The van der Waals surface area contributed by atoms with E-state index in [2.05, 4.69) is 27.4 Å². The average molecular weight is 278 g/mol. The molecule has 0 amide bonds. The lowest BCUT2D eigenvalue weighted by Gasteiger charge is -2.18. The van der Waals surface area contributed by atoms with Gasteiger partial charge in [0.2, 0.25) is 0 Å². The van der Waals surface area contributed by atoms with Gasteiger partial charge in [-0.1, -0.05) is 30.3 Å². The molecule has 0 fully saturated rings. The van der Waals surface area contributed by atoms with E-state index in [1.54, 1.807) is 6.20 Å². The van der Waals surface area contributed by atoms with Gasteiger partial charge in [0.25, 0.3) is 0 Å². The number of aromatic nitrogens is 2. The number of nitrogens with two attached hydrogens (primary N) is 1. The van der Waals surface area contributed by atoms with Gasteiger partial charge in [-0.25, -0.2) is 4.98 Å². The predicted octanol–water partition coefficient (Wildman–Crippen LogP) is 2.72. The summed E-state index contributed by atoms with van der Waals surface area (Å²) in [6, 6.07) is 14.3. The number of hydrogen-bond donors (Lipinski definition) is 2. The van der Waals surface area contributed by atoms with Gasteiger partial charge in [0.05, 0.1) is 11.7 Å². The molecule has 4 heteroatoms. The third kappa shape index (κ3) is 2.71. The molecule has 0 bridgehead atoms. The van der Waals surface area contributed by atoms with Crippen molar-refractivity contribution in [2.75, 3.05) is 12.8 Å². The van der Waals surface area contributed by atoms with Crippen LogP contribution in [-0.2, 0) is 6.42 Å². The van der Waals surface area contributed by atoms with Crippen molar-refractivity contribution < 1.29 is 0 Å². The Morgan fingerprint density at radius 2 is 1.90 bits per heavy atom. The SMILES string of the molecule is CNC(Cc1cccnc1N)c1nccc2ccccc12. The summed E-state index contributed by atoms with van der Waals surface area (Å²) in [7, 11) is 1.95. The van der Waals surface area contributed by atoms with Crippen LogP contribution in [0.25, 0.3) is 10.8 Å². The minimum atomic E-state index is 0.0996. The molecule has 4 nitrogen and oxygen atoms in total. The summed E-state index contributed by atoms with van der Waals surface area (Å²) in [5, 5.41) is 5.70. The second-order valence-electron chi connectivity index (χ2n) is 5.01. The Balaban J connectivity index is 2.01. The maximum atomic E-state index is 5.95. The van der Waals surface area contributed by atoms with E-state index in [0.29, 0.717) is 5.82 Å². The lowest BCUT2D eigenvalue weighted by Crippen LogP contribution is -2.21. The van der Waals surface area contributed by atoms with Gasteiger partial charge in [0, 0.05) is 17.8 Å². The number of nitrogens with one attached hydrogen (secondary N) is 1. The van der Waals surface area contributed by atoms with Crippen LogP contribution in [0.5, 0.6) is 0 Å². The van der Waals surface area contributed by atoms with Crippen LogP contribution in [0.4, 0.5) is 5.82 Å². The molecule has 0 aliphatic heterocycles. The van der Waals surface area contributed by atoms with Crippen molar-refractivity contribution in [2.24, 2.45) is 0 Å². The molecule has 3 N–H and O–H groups in total. The molecule has 0 radical (unpaired) electrons. The fraction of sp³-hybridized carbons (Fsp3) is 0.176. The van der Waals surface area contributed by atoms with Gasteiger partial charge < -0.3 is 11.1 Å². The van der Waals surface area contributed by atoms with Crippen LogP contribution in [0, 0.1) is 0 Å². The van der Waals surface area contributed by atoms with Crippen molar-refractivity contribution in [1.82, 2.24) is 15.3 Å². The quantitative estimate of drug-likeness (QED) is 0.770. The van der Waals surface area contributed by atoms with Gasteiger partial charge in [-0.2, -0.15) is 0 Å². The number of pyridine rings is 2. The smallest absolute Gasteiger partial charge is 0.126 e. The van der Waals surface area contributed by atoms with Crippen molar-refractivity contribution in [3.8, 4) is 0 Å². The molecular formula is C17H18N4. The first-order chi connectivity index (χ1) is 10.3. The van der Waals surface area contributed by atoms with Crippen LogP contribution < -0.4 is 11.1 Å². The van der Waals surface area contributed by atoms with E-state index in [9.17, 15) is 0 Å². The number of benzene rings is 1. The van der Waals surface area contributed by atoms with E-state index in [1.807, 2.05) is 43.6 Å². The molecule has 1 atom stereocenters. The van der Waals surface area contributed by atoms with Crippen LogP contribution in [0.1, 0.15) is 17.3 Å². The highest BCUT2D eigenvalue weighted by molar-refractivity contribution is 5.84. The summed E-state index contributed by atoms with van der Waals surface area (Å²) in [6.07, 6.45) is 4.33. The minimum absolute atomic E-state index is 0.0996. The zero-order valence-electron chi connectivity index (χ0n) is 12.0. The third-order valence-corrected chi connectivity index (χ3v) is 3.73. The largest absolute Gasteiger partial charge is 0.383 e. The fourth-order valence-electron chi connectivity index (χ4n) is 2.60. The normalized spacial score (nSPS) is 12.4. The zero-order chi connectivity index (χ0) is 14.7. The van der Waals surface area contributed by atoms with E-state index in [0.717, 1.165) is 17.7 Å². The third-order valence-electron chi connectivity index (χ3n) is 3.73. The maximum absolute atomic E-state index is 5.95. The number of nitrogen functional groups attached to an aromatic ring is 1. The first kappa shape index (κ1) is 13.5. The fourth-order valence-corrected chi connectivity index (χ4v) is 2.60. The Morgan fingerprint density at radius 3 is 2.71 bits per heavy atom. The second-order valence-corrected chi connectivity index (χ2v) is 5.01. The van der Waals surface area contributed by atoms with Crippen molar-refractivity contribution in [1.29, 1.82) is 0 Å². The van der Waals surface area contributed by atoms with Gasteiger partial charge in [-0.3, -0.25) is 4.98 Å². The van der Waals surface area contributed by atoms with Gasteiger partial charge in [0.15, 0.2) is 0 Å². The Bertz CT molecular complexity index is 749. The van der Waals surface area contributed by atoms with E-state index in [4.69, 9.17) is 5.73 Å². The molecule has 21 heavy (non-hydrogen) atoms. The summed E-state index contributed by atoms with van der Waals surface area (Å²) < 4.78 is 0. The second kappa shape index (κ2) is 5.89. The van der Waals surface area contributed by atoms with E-state index in [-0.39, 0.29) is 6.04 Å². The minimum Gasteiger partial charge on any atom is -0.383 e.